The largest absolute Gasteiger partial charge is 0.479 e. The summed E-state index contributed by atoms with van der Waals surface area (Å²) >= 11 is 0. The number of rotatable bonds is 3. The van der Waals surface area contributed by atoms with Gasteiger partial charge in [0.25, 0.3) is 0 Å². The van der Waals surface area contributed by atoms with Gasteiger partial charge in [-0.2, -0.15) is 0 Å². The SMILES string of the molecule is COC(C(=O)O)(C1=CC=CCC1)C(C)(C)C. The van der Waals surface area contributed by atoms with E-state index in [0.29, 0.717) is 0 Å². The van der Waals surface area contributed by atoms with Crippen LogP contribution in [0, 0.1) is 5.41 Å². The molecule has 0 amide bonds. The van der Waals surface area contributed by atoms with Gasteiger partial charge in [0.2, 0.25) is 0 Å². The van der Waals surface area contributed by atoms with Crippen LogP contribution in [0.25, 0.3) is 0 Å². The lowest BCUT2D eigenvalue weighted by Gasteiger charge is -2.42. The Morgan fingerprint density at radius 3 is 2.38 bits per heavy atom. The van der Waals surface area contributed by atoms with E-state index in [1.165, 1.54) is 7.11 Å². The summed E-state index contributed by atoms with van der Waals surface area (Å²) in [4.78, 5) is 11.6. The van der Waals surface area contributed by atoms with Crippen molar-refractivity contribution in [2.45, 2.75) is 39.2 Å². The molecule has 1 rings (SSSR count). The number of carboxylic acids is 1. The summed E-state index contributed by atoms with van der Waals surface area (Å²) < 4.78 is 5.40. The van der Waals surface area contributed by atoms with E-state index in [4.69, 9.17) is 4.74 Å². The highest BCUT2D eigenvalue weighted by Crippen LogP contribution is 2.42. The number of hydrogen-bond donors (Lipinski definition) is 1. The number of methoxy groups -OCH3 is 1. The van der Waals surface area contributed by atoms with Crippen LogP contribution in [0.2, 0.25) is 0 Å². The molecule has 16 heavy (non-hydrogen) atoms. The fraction of sp³-hybridized carbons (Fsp3) is 0.615. The molecule has 0 aromatic carbocycles. The third kappa shape index (κ3) is 1.92. The number of allylic oxidation sites excluding steroid dienone is 3. The van der Waals surface area contributed by atoms with Gasteiger partial charge in [-0.15, -0.1) is 0 Å². The lowest BCUT2D eigenvalue weighted by Crippen LogP contribution is -2.53. The minimum Gasteiger partial charge on any atom is -0.479 e. The van der Waals surface area contributed by atoms with Crippen LogP contribution in [-0.4, -0.2) is 23.8 Å². The number of carboxylic acid groups (broad SMARTS) is 1. The van der Waals surface area contributed by atoms with Crippen molar-refractivity contribution in [2.75, 3.05) is 7.11 Å². The minimum absolute atomic E-state index is 0.482. The molecular formula is C13H20O3. The molecule has 0 fully saturated rings. The zero-order valence-electron chi connectivity index (χ0n) is 10.4. The molecule has 0 saturated carbocycles. The second-order valence-electron chi connectivity index (χ2n) is 5.10. The van der Waals surface area contributed by atoms with Gasteiger partial charge in [-0.3, -0.25) is 0 Å². The maximum Gasteiger partial charge on any atom is 0.340 e. The molecule has 90 valence electrons. The third-order valence-corrected chi connectivity index (χ3v) is 3.13. The summed E-state index contributed by atoms with van der Waals surface area (Å²) in [5.41, 5.74) is -0.861. The average Bonchev–Trinajstić information content (AvgIpc) is 2.18. The van der Waals surface area contributed by atoms with E-state index in [-0.39, 0.29) is 0 Å². The van der Waals surface area contributed by atoms with Crippen molar-refractivity contribution in [1.29, 1.82) is 0 Å². The van der Waals surface area contributed by atoms with Crippen LogP contribution in [0.4, 0.5) is 0 Å². The van der Waals surface area contributed by atoms with E-state index in [0.717, 1.165) is 18.4 Å². The standard InChI is InChI=1S/C13H20O3/c1-12(2,3)13(16-4,11(14)15)10-8-6-5-7-9-10/h5-6,8H,7,9H2,1-4H3,(H,14,15). The van der Waals surface area contributed by atoms with Crippen LogP contribution in [0.1, 0.15) is 33.6 Å². The van der Waals surface area contributed by atoms with Crippen molar-refractivity contribution in [2.24, 2.45) is 5.41 Å². The Labute approximate surface area is 96.8 Å². The lowest BCUT2D eigenvalue weighted by molar-refractivity contribution is -0.170. The van der Waals surface area contributed by atoms with Crippen LogP contribution in [-0.2, 0) is 9.53 Å². The van der Waals surface area contributed by atoms with Gasteiger partial charge >= 0.3 is 5.97 Å². The molecular weight excluding hydrogens is 204 g/mol. The number of ether oxygens (including phenoxy) is 1. The maximum atomic E-state index is 11.6. The molecule has 0 aromatic heterocycles. The first kappa shape index (κ1) is 13.0. The van der Waals surface area contributed by atoms with E-state index in [2.05, 4.69) is 0 Å². The first-order valence-corrected chi connectivity index (χ1v) is 5.51. The quantitative estimate of drug-likeness (QED) is 0.801. The highest BCUT2D eigenvalue weighted by Gasteiger charge is 2.52. The van der Waals surface area contributed by atoms with Gasteiger partial charge in [0.1, 0.15) is 0 Å². The molecule has 0 aromatic rings. The second-order valence-corrected chi connectivity index (χ2v) is 5.10. The summed E-state index contributed by atoms with van der Waals surface area (Å²) in [6, 6.07) is 0. The Hall–Kier alpha value is -1.09. The molecule has 0 saturated heterocycles. The Balaban J connectivity index is 3.28. The zero-order chi connectivity index (χ0) is 12.4. The van der Waals surface area contributed by atoms with Gasteiger partial charge in [-0.1, -0.05) is 39.0 Å². The van der Waals surface area contributed by atoms with Gasteiger partial charge in [0, 0.05) is 12.5 Å². The lowest BCUT2D eigenvalue weighted by atomic mass is 9.69. The van der Waals surface area contributed by atoms with E-state index in [1.807, 2.05) is 39.0 Å². The molecule has 1 aliphatic rings. The summed E-state index contributed by atoms with van der Waals surface area (Å²) in [5, 5.41) is 9.52. The number of carbonyl (C=O) groups is 1. The number of aliphatic carboxylic acids is 1. The highest BCUT2D eigenvalue weighted by atomic mass is 16.5. The van der Waals surface area contributed by atoms with Crippen molar-refractivity contribution in [3.05, 3.63) is 23.8 Å². The smallest absolute Gasteiger partial charge is 0.340 e. The van der Waals surface area contributed by atoms with Gasteiger partial charge in [0.15, 0.2) is 5.60 Å². The molecule has 0 bridgehead atoms. The van der Waals surface area contributed by atoms with Crippen LogP contribution in [0.5, 0.6) is 0 Å². The maximum absolute atomic E-state index is 11.6. The monoisotopic (exact) mass is 224 g/mol. The van der Waals surface area contributed by atoms with Crippen molar-refractivity contribution in [3.63, 3.8) is 0 Å². The summed E-state index contributed by atoms with van der Waals surface area (Å²) in [7, 11) is 1.47. The molecule has 3 nitrogen and oxygen atoms in total. The second kappa shape index (κ2) is 4.42. The van der Waals surface area contributed by atoms with Gasteiger partial charge in [0.05, 0.1) is 0 Å². The number of hydrogen-bond acceptors (Lipinski definition) is 2. The minimum atomic E-state index is -1.22. The topological polar surface area (TPSA) is 46.5 Å². The van der Waals surface area contributed by atoms with Crippen LogP contribution in [0.3, 0.4) is 0 Å². The van der Waals surface area contributed by atoms with Gasteiger partial charge in [-0.05, 0) is 18.4 Å². The van der Waals surface area contributed by atoms with Crippen molar-refractivity contribution < 1.29 is 14.6 Å². The van der Waals surface area contributed by atoms with E-state index in [9.17, 15) is 9.90 Å². The predicted molar refractivity (Wildman–Crippen MR) is 63.3 cm³/mol. The molecule has 0 spiro atoms. The molecule has 1 aliphatic carbocycles. The average molecular weight is 224 g/mol. The normalized spacial score (nSPS) is 20.1. The van der Waals surface area contributed by atoms with Crippen LogP contribution >= 0.6 is 0 Å². The van der Waals surface area contributed by atoms with Crippen molar-refractivity contribution in [3.8, 4) is 0 Å². The Morgan fingerprint density at radius 1 is 1.44 bits per heavy atom. The molecule has 1 unspecified atom stereocenters. The molecule has 1 atom stereocenters. The van der Waals surface area contributed by atoms with Crippen LogP contribution < -0.4 is 0 Å². The van der Waals surface area contributed by atoms with E-state index in [1.54, 1.807) is 0 Å². The zero-order valence-corrected chi connectivity index (χ0v) is 10.4. The van der Waals surface area contributed by atoms with Gasteiger partial charge in [-0.25, -0.2) is 4.79 Å². The van der Waals surface area contributed by atoms with Gasteiger partial charge < -0.3 is 9.84 Å². The molecule has 0 radical (unpaired) electrons. The van der Waals surface area contributed by atoms with Crippen LogP contribution in [0.15, 0.2) is 23.8 Å². The first-order chi connectivity index (χ1) is 7.36. The fourth-order valence-electron chi connectivity index (χ4n) is 2.36. The predicted octanol–water partition coefficient (Wildman–Crippen LogP) is 2.78. The molecule has 0 aliphatic heterocycles. The molecule has 3 heteroatoms. The summed E-state index contributed by atoms with van der Waals surface area (Å²) in [6.45, 7) is 5.68. The van der Waals surface area contributed by atoms with E-state index < -0.39 is 17.0 Å². The highest BCUT2D eigenvalue weighted by molar-refractivity contribution is 5.83. The first-order valence-electron chi connectivity index (χ1n) is 5.51. The Bertz CT molecular complexity index is 334. The van der Waals surface area contributed by atoms with Crippen molar-refractivity contribution >= 4 is 5.97 Å². The molecule has 0 heterocycles. The third-order valence-electron chi connectivity index (χ3n) is 3.13. The summed E-state index contributed by atoms with van der Waals surface area (Å²) in [5.74, 6) is -0.913. The fourth-order valence-corrected chi connectivity index (χ4v) is 2.36. The molecule has 1 N–H and O–H groups in total. The van der Waals surface area contributed by atoms with E-state index >= 15 is 0 Å². The summed E-state index contributed by atoms with van der Waals surface area (Å²) in [6.07, 6.45) is 7.43. The van der Waals surface area contributed by atoms with Crippen molar-refractivity contribution in [1.82, 2.24) is 0 Å². The Morgan fingerprint density at radius 2 is 2.06 bits per heavy atom. The Kier molecular flexibility index (Phi) is 3.58.